The molecule has 3 fully saturated rings. The van der Waals surface area contributed by atoms with Gasteiger partial charge in [0.1, 0.15) is 17.1 Å². The van der Waals surface area contributed by atoms with Gasteiger partial charge in [0.2, 0.25) is 0 Å². The highest BCUT2D eigenvalue weighted by molar-refractivity contribution is 5.89. The highest BCUT2D eigenvalue weighted by Crippen LogP contribution is 2.44. The lowest BCUT2D eigenvalue weighted by Crippen LogP contribution is -2.51. The molecule has 1 aliphatic carbocycles. The number of allylic oxidation sites excluding steroid dienone is 2. The molecular weight excluding hydrogens is 494 g/mol. The number of benzene rings is 2. The van der Waals surface area contributed by atoms with Gasteiger partial charge in [-0.1, -0.05) is 26.3 Å². The second-order valence-electron chi connectivity index (χ2n) is 11.7. The summed E-state index contributed by atoms with van der Waals surface area (Å²) in [6.07, 6.45) is 5.73. The van der Waals surface area contributed by atoms with E-state index in [1.807, 2.05) is 13.0 Å². The summed E-state index contributed by atoms with van der Waals surface area (Å²) < 4.78 is 64.6. The van der Waals surface area contributed by atoms with Crippen LogP contribution in [-0.4, -0.2) is 28.2 Å². The number of halogens is 4. The molecule has 7 heteroatoms. The molecule has 0 aromatic heterocycles. The van der Waals surface area contributed by atoms with Crippen LogP contribution in [0, 0.1) is 17.7 Å². The standard InChI is InChI=1S/C31H39F4NO2/c1-3-5-28(37)21-14-23-6-4-7-24(15-21)36(23)18-22-16-26-20(17-27(22)32)10-13-29(30(26)31(33,34)35)38-25-11-8-19(2)9-12-25/h5,10,13,16-17,19,21,23-25,37H,3-4,6-9,11-12,14-15,18H2,1-2H3/b28-5+. The first-order valence-electron chi connectivity index (χ1n) is 14.3. The van der Waals surface area contributed by atoms with Gasteiger partial charge in [0.05, 0.1) is 11.9 Å². The minimum absolute atomic E-state index is 0.000790. The maximum Gasteiger partial charge on any atom is 0.420 e. The molecule has 5 rings (SSSR count). The number of hydrogen-bond acceptors (Lipinski definition) is 3. The molecule has 2 aromatic carbocycles. The van der Waals surface area contributed by atoms with Gasteiger partial charge < -0.3 is 9.84 Å². The topological polar surface area (TPSA) is 32.7 Å². The molecule has 0 spiro atoms. The van der Waals surface area contributed by atoms with E-state index in [-0.39, 0.29) is 52.7 Å². The molecule has 2 heterocycles. The van der Waals surface area contributed by atoms with Crippen LogP contribution in [0.25, 0.3) is 10.8 Å². The van der Waals surface area contributed by atoms with Gasteiger partial charge in [-0.2, -0.15) is 13.2 Å². The van der Waals surface area contributed by atoms with Crippen LogP contribution < -0.4 is 4.74 Å². The van der Waals surface area contributed by atoms with Gasteiger partial charge in [-0.3, -0.25) is 4.90 Å². The van der Waals surface area contributed by atoms with Crippen molar-refractivity contribution in [1.29, 1.82) is 0 Å². The lowest BCUT2D eigenvalue weighted by atomic mass is 9.77. The fourth-order valence-corrected chi connectivity index (χ4v) is 6.96. The molecule has 2 atom stereocenters. The SMILES string of the molecule is CC/C=C(/O)C1CC2CCCC(C1)N2Cc1cc2c(C(F)(F)F)c(OC3CCC(C)CC3)ccc2cc1F. The Morgan fingerprint density at radius 1 is 1.05 bits per heavy atom. The number of alkyl halides is 3. The lowest BCUT2D eigenvalue weighted by molar-refractivity contribution is -0.138. The number of hydrogen-bond donors (Lipinski definition) is 1. The van der Waals surface area contributed by atoms with Crippen LogP contribution in [0.4, 0.5) is 17.6 Å². The van der Waals surface area contributed by atoms with E-state index in [1.54, 1.807) is 6.07 Å². The van der Waals surface area contributed by atoms with Gasteiger partial charge in [-0.25, -0.2) is 4.39 Å². The quantitative estimate of drug-likeness (QED) is 0.297. The van der Waals surface area contributed by atoms with E-state index in [1.165, 1.54) is 18.2 Å². The van der Waals surface area contributed by atoms with Crippen LogP contribution in [-0.2, 0) is 12.7 Å². The fraction of sp³-hybridized carbons (Fsp3) is 0.613. The Hall–Kier alpha value is -2.28. The molecule has 2 aromatic rings. The molecule has 1 N–H and O–H groups in total. The van der Waals surface area contributed by atoms with Crippen molar-refractivity contribution in [3.05, 3.63) is 53.0 Å². The summed E-state index contributed by atoms with van der Waals surface area (Å²) in [4.78, 5) is 2.26. The summed E-state index contributed by atoms with van der Waals surface area (Å²) in [6.45, 7) is 4.42. The Labute approximate surface area is 222 Å². The number of ether oxygens (including phenoxy) is 1. The molecule has 2 saturated heterocycles. The number of aliphatic hydroxyl groups excluding tert-OH is 1. The molecule has 3 nitrogen and oxygen atoms in total. The molecule has 38 heavy (non-hydrogen) atoms. The lowest BCUT2D eigenvalue weighted by Gasteiger charge is -2.49. The second-order valence-corrected chi connectivity index (χ2v) is 11.7. The fourth-order valence-electron chi connectivity index (χ4n) is 6.96. The molecule has 208 valence electrons. The van der Waals surface area contributed by atoms with Crippen LogP contribution in [0.3, 0.4) is 0 Å². The number of fused-ring (bicyclic) bond motifs is 3. The zero-order valence-electron chi connectivity index (χ0n) is 22.4. The first-order valence-corrected chi connectivity index (χ1v) is 14.3. The Bertz CT molecular complexity index is 1150. The maximum absolute atomic E-state index is 15.3. The Morgan fingerprint density at radius 3 is 2.37 bits per heavy atom. The van der Waals surface area contributed by atoms with Crippen LogP contribution in [0.5, 0.6) is 5.75 Å². The second kappa shape index (κ2) is 11.1. The zero-order valence-corrected chi connectivity index (χ0v) is 22.4. The third-order valence-electron chi connectivity index (χ3n) is 9.00. The van der Waals surface area contributed by atoms with Crippen LogP contribution in [0.1, 0.15) is 89.2 Å². The van der Waals surface area contributed by atoms with Crippen LogP contribution in [0.2, 0.25) is 0 Å². The molecule has 2 unspecified atom stereocenters. The van der Waals surface area contributed by atoms with Crippen molar-refractivity contribution in [3.63, 3.8) is 0 Å². The van der Waals surface area contributed by atoms with E-state index in [0.717, 1.165) is 64.2 Å². The van der Waals surface area contributed by atoms with Gasteiger partial charge in [-0.05, 0) is 98.8 Å². The summed E-state index contributed by atoms with van der Waals surface area (Å²) >= 11 is 0. The van der Waals surface area contributed by atoms with Gasteiger partial charge in [0.25, 0.3) is 0 Å². The van der Waals surface area contributed by atoms with Crippen molar-refractivity contribution in [3.8, 4) is 5.75 Å². The Morgan fingerprint density at radius 2 is 1.74 bits per heavy atom. The maximum atomic E-state index is 15.3. The molecule has 2 aliphatic heterocycles. The molecule has 0 radical (unpaired) electrons. The van der Waals surface area contributed by atoms with E-state index < -0.39 is 17.6 Å². The van der Waals surface area contributed by atoms with Crippen molar-refractivity contribution in [2.45, 2.75) is 109 Å². The van der Waals surface area contributed by atoms with E-state index >= 15 is 4.39 Å². The highest BCUT2D eigenvalue weighted by atomic mass is 19.4. The largest absolute Gasteiger partial charge is 0.512 e. The van der Waals surface area contributed by atoms with E-state index in [9.17, 15) is 18.3 Å². The Kier molecular flexibility index (Phi) is 7.95. The number of rotatable bonds is 6. The van der Waals surface area contributed by atoms with Gasteiger partial charge in [0.15, 0.2) is 0 Å². The molecule has 3 aliphatic rings. The summed E-state index contributed by atoms with van der Waals surface area (Å²) in [5.74, 6) is 0.473. The molecule has 0 amide bonds. The van der Waals surface area contributed by atoms with Gasteiger partial charge >= 0.3 is 6.18 Å². The highest BCUT2D eigenvalue weighted by Gasteiger charge is 2.41. The third kappa shape index (κ3) is 5.68. The van der Waals surface area contributed by atoms with Gasteiger partial charge in [-0.15, -0.1) is 0 Å². The number of piperidine rings is 2. The van der Waals surface area contributed by atoms with Crippen molar-refractivity contribution >= 4 is 10.8 Å². The van der Waals surface area contributed by atoms with Crippen molar-refractivity contribution in [2.75, 3.05) is 0 Å². The zero-order chi connectivity index (χ0) is 27.0. The van der Waals surface area contributed by atoms with Crippen LogP contribution >= 0.6 is 0 Å². The molecule has 1 saturated carbocycles. The van der Waals surface area contributed by atoms with Crippen LogP contribution in [0.15, 0.2) is 36.1 Å². The first kappa shape index (κ1) is 27.3. The average molecular weight is 534 g/mol. The summed E-state index contributed by atoms with van der Waals surface area (Å²) in [6, 6.07) is 5.90. The molecule has 2 bridgehead atoms. The molecular formula is C31H39F4NO2. The Balaban J connectivity index is 1.45. The van der Waals surface area contributed by atoms with Crippen molar-refractivity contribution in [1.82, 2.24) is 4.90 Å². The predicted molar refractivity (Wildman–Crippen MR) is 142 cm³/mol. The predicted octanol–water partition coefficient (Wildman–Crippen LogP) is 8.94. The summed E-state index contributed by atoms with van der Waals surface area (Å²) in [5, 5.41) is 10.7. The minimum atomic E-state index is -4.62. The summed E-state index contributed by atoms with van der Waals surface area (Å²) in [5.41, 5.74) is -0.515. The minimum Gasteiger partial charge on any atom is -0.512 e. The number of nitrogens with zero attached hydrogens (tertiary/aromatic N) is 1. The third-order valence-corrected chi connectivity index (χ3v) is 9.00. The van der Waals surface area contributed by atoms with E-state index in [2.05, 4.69) is 11.8 Å². The summed E-state index contributed by atoms with van der Waals surface area (Å²) in [7, 11) is 0. The van der Waals surface area contributed by atoms with Gasteiger partial charge in [0, 0.05) is 30.1 Å². The van der Waals surface area contributed by atoms with Crippen molar-refractivity contribution in [2.24, 2.45) is 11.8 Å². The smallest absolute Gasteiger partial charge is 0.420 e. The average Bonchev–Trinajstić information content (AvgIpc) is 2.85. The van der Waals surface area contributed by atoms with E-state index in [0.29, 0.717) is 11.7 Å². The number of aliphatic hydroxyl groups is 1. The van der Waals surface area contributed by atoms with Crippen molar-refractivity contribution < 1.29 is 27.4 Å². The first-order chi connectivity index (χ1) is 18.1. The monoisotopic (exact) mass is 533 g/mol. The normalized spacial score (nSPS) is 29.0. The van der Waals surface area contributed by atoms with E-state index in [4.69, 9.17) is 4.74 Å².